The van der Waals surface area contributed by atoms with Crippen LogP contribution in [0.25, 0.3) is 0 Å². The largest absolute Gasteiger partial charge is 0.487 e. The van der Waals surface area contributed by atoms with Crippen molar-refractivity contribution in [2.75, 3.05) is 6.61 Å². The predicted octanol–water partition coefficient (Wildman–Crippen LogP) is 6.90. The Morgan fingerprint density at radius 3 is 2.17 bits per heavy atom. The highest BCUT2D eigenvalue weighted by atomic mass is 79.9. The number of benzene rings is 3. The summed E-state index contributed by atoms with van der Waals surface area (Å²) in [5, 5.41) is 0. The number of esters is 1. The molecule has 0 aliphatic carbocycles. The lowest BCUT2D eigenvalue weighted by atomic mass is 10.1. The number of hydrogen-bond acceptors (Lipinski definition) is 4. The molecule has 0 saturated heterocycles. The van der Waals surface area contributed by atoms with Crippen molar-refractivity contribution in [3.63, 3.8) is 0 Å². The topological polar surface area (TPSA) is 52.6 Å². The van der Waals surface area contributed by atoms with Gasteiger partial charge in [-0.05, 0) is 86.3 Å². The highest BCUT2D eigenvalue weighted by Gasteiger charge is 2.13. The van der Waals surface area contributed by atoms with Crippen molar-refractivity contribution in [2.24, 2.45) is 0 Å². The molecule has 0 N–H and O–H groups in total. The van der Waals surface area contributed by atoms with E-state index in [2.05, 4.69) is 47.8 Å². The summed E-state index contributed by atoms with van der Waals surface area (Å²) >= 11 is 10.3. The van der Waals surface area contributed by atoms with Crippen molar-refractivity contribution in [3.05, 3.63) is 96.3 Å². The zero-order chi connectivity index (χ0) is 21.7. The van der Waals surface area contributed by atoms with Gasteiger partial charge in [0.15, 0.2) is 12.4 Å². The molecule has 0 aliphatic rings. The monoisotopic (exact) mass is 594 g/mol. The van der Waals surface area contributed by atoms with E-state index in [0.29, 0.717) is 17.7 Å². The maximum atomic E-state index is 12.2. The molecule has 0 saturated carbocycles. The number of ketones is 1. The van der Waals surface area contributed by atoms with Crippen molar-refractivity contribution in [2.45, 2.75) is 13.5 Å². The second-order valence-electron chi connectivity index (χ2n) is 6.55. The van der Waals surface area contributed by atoms with Crippen molar-refractivity contribution in [1.82, 2.24) is 0 Å². The van der Waals surface area contributed by atoms with Gasteiger partial charge in [-0.2, -0.15) is 0 Å². The van der Waals surface area contributed by atoms with Crippen LogP contribution in [0.5, 0.6) is 5.75 Å². The van der Waals surface area contributed by atoms with Crippen LogP contribution in [0, 0.1) is 6.92 Å². The van der Waals surface area contributed by atoms with Crippen LogP contribution in [0.2, 0.25) is 0 Å². The highest BCUT2D eigenvalue weighted by Crippen LogP contribution is 2.35. The smallest absolute Gasteiger partial charge is 0.338 e. The SMILES string of the molecule is Cc1cc(Br)c(OCc2ccc(C(=O)OCC(=O)c3cccc(Br)c3)cc2)c(Br)c1. The Morgan fingerprint density at radius 1 is 0.867 bits per heavy atom. The molecule has 7 heteroatoms. The summed E-state index contributed by atoms with van der Waals surface area (Å²) in [4.78, 5) is 24.4. The Balaban J connectivity index is 1.56. The predicted molar refractivity (Wildman–Crippen MR) is 126 cm³/mol. The van der Waals surface area contributed by atoms with Crippen molar-refractivity contribution >= 4 is 59.5 Å². The van der Waals surface area contributed by atoms with E-state index in [1.54, 1.807) is 42.5 Å². The van der Waals surface area contributed by atoms with Crippen molar-refractivity contribution in [3.8, 4) is 5.75 Å². The van der Waals surface area contributed by atoms with Crippen LogP contribution < -0.4 is 4.74 Å². The Bertz CT molecular complexity index is 1060. The maximum Gasteiger partial charge on any atom is 0.338 e. The standard InChI is InChI=1S/C23H17Br3O4/c1-14-9-19(25)22(20(26)10-14)29-12-15-5-7-16(8-6-15)23(28)30-13-21(27)17-3-2-4-18(24)11-17/h2-11H,12-13H2,1H3. The highest BCUT2D eigenvalue weighted by molar-refractivity contribution is 9.11. The first-order valence-electron chi connectivity index (χ1n) is 8.97. The minimum atomic E-state index is -0.546. The average molecular weight is 597 g/mol. The molecule has 30 heavy (non-hydrogen) atoms. The maximum absolute atomic E-state index is 12.2. The third-order valence-electron chi connectivity index (χ3n) is 4.20. The van der Waals surface area contributed by atoms with Crippen LogP contribution in [0.4, 0.5) is 0 Å². The second kappa shape index (κ2) is 10.4. The number of ether oxygens (including phenoxy) is 2. The first kappa shape index (κ1) is 22.7. The Kier molecular flexibility index (Phi) is 7.86. The lowest BCUT2D eigenvalue weighted by Crippen LogP contribution is -2.14. The van der Waals surface area contributed by atoms with E-state index >= 15 is 0 Å². The molecular formula is C23H17Br3O4. The number of Topliss-reactive ketones (excluding diaryl/α,β-unsaturated/α-hetero) is 1. The summed E-state index contributed by atoms with van der Waals surface area (Å²) in [6.45, 7) is 2.04. The molecule has 0 heterocycles. The van der Waals surface area contributed by atoms with E-state index in [9.17, 15) is 9.59 Å². The number of halogens is 3. The molecule has 3 aromatic carbocycles. The third kappa shape index (κ3) is 6.03. The molecule has 0 aliphatic heterocycles. The van der Waals surface area contributed by atoms with Crippen molar-refractivity contribution < 1.29 is 19.1 Å². The molecule has 0 fully saturated rings. The van der Waals surface area contributed by atoms with Crippen LogP contribution in [0.15, 0.2) is 74.1 Å². The van der Waals surface area contributed by atoms with Crippen LogP contribution in [0.1, 0.15) is 31.8 Å². The summed E-state index contributed by atoms with van der Waals surface area (Å²) < 4.78 is 13.6. The zero-order valence-corrected chi connectivity index (χ0v) is 20.7. The lowest BCUT2D eigenvalue weighted by Gasteiger charge is -2.11. The molecule has 0 unspecified atom stereocenters. The third-order valence-corrected chi connectivity index (χ3v) is 5.87. The zero-order valence-electron chi connectivity index (χ0n) is 16.0. The normalized spacial score (nSPS) is 10.5. The van der Waals surface area contributed by atoms with Gasteiger partial charge in [0.1, 0.15) is 12.4 Å². The average Bonchev–Trinajstić information content (AvgIpc) is 2.71. The van der Waals surface area contributed by atoms with Crippen LogP contribution >= 0.6 is 47.8 Å². The minimum Gasteiger partial charge on any atom is -0.487 e. The van der Waals surface area contributed by atoms with Gasteiger partial charge in [0.05, 0.1) is 14.5 Å². The molecule has 0 radical (unpaired) electrons. The summed E-state index contributed by atoms with van der Waals surface area (Å²) in [7, 11) is 0. The Labute approximate surface area is 200 Å². The molecule has 0 spiro atoms. The van der Waals surface area contributed by atoms with E-state index in [4.69, 9.17) is 9.47 Å². The molecule has 3 rings (SSSR count). The lowest BCUT2D eigenvalue weighted by molar-refractivity contribution is 0.0474. The fourth-order valence-electron chi connectivity index (χ4n) is 2.68. The molecule has 0 bridgehead atoms. The quantitative estimate of drug-likeness (QED) is 0.220. The number of carbonyl (C=O) groups excluding carboxylic acids is 2. The minimum absolute atomic E-state index is 0.260. The summed E-state index contributed by atoms with van der Waals surface area (Å²) in [6, 6.07) is 17.8. The van der Waals surface area contributed by atoms with Gasteiger partial charge in [0.25, 0.3) is 0 Å². The number of aryl methyl sites for hydroxylation is 1. The molecule has 0 amide bonds. The second-order valence-corrected chi connectivity index (χ2v) is 9.18. The first-order chi connectivity index (χ1) is 14.3. The van der Waals surface area contributed by atoms with Crippen LogP contribution in [-0.2, 0) is 11.3 Å². The van der Waals surface area contributed by atoms with Gasteiger partial charge >= 0.3 is 5.97 Å². The van der Waals surface area contributed by atoms with Gasteiger partial charge in [-0.25, -0.2) is 4.79 Å². The van der Waals surface area contributed by atoms with Gasteiger partial charge in [-0.3, -0.25) is 4.79 Å². The Morgan fingerprint density at radius 2 is 1.53 bits per heavy atom. The van der Waals surface area contributed by atoms with Crippen molar-refractivity contribution in [1.29, 1.82) is 0 Å². The fraction of sp³-hybridized carbons (Fsp3) is 0.130. The number of rotatable bonds is 7. The van der Waals surface area contributed by atoms with E-state index in [0.717, 1.165) is 30.3 Å². The van der Waals surface area contributed by atoms with Gasteiger partial charge in [0, 0.05) is 10.0 Å². The molecule has 3 aromatic rings. The van der Waals surface area contributed by atoms with Gasteiger partial charge in [-0.15, -0.1) is 0 Å². The fourth-order valence-corrected chi connectivity index (χ4v) is 4.72. The van der Waals surface area contributed by atoms with E-state index in [1.165, 1.54) is 0 Å². The molecular weight excluding hydrogens is 580 g/mol. The first-order valence-corrected chi connectivity index (χ1v) is 11.3. The van der Waals surface area contributed by atoms with E-state index in [1.807, 2.05) is 25.1 Å². The van der Waals surface area contributed by atoms with Crippen LogP contribution in [0.3, 0.4) is 0 Å². The molecule has 0 aromatic heterocycles. The van der Waals surface area contributed by atoms with Gasteiger partial charge in [0.2, 0.25) is 0 Å². The van der Waals surface area contributed by atoms with Gasteiger partial charge in [-0.1, -0.05) is 40.2 Å². The van der Waals surface area contributed by atoms with E-state index < -0.39 is 5.97 Å². The summed E-state index contributed by atoms with van der Waals surface area (Å²) in [5.41, 5.74) is 2.87. The molecule has 154 valence electrons. The Hall–Kier alpha value is -1.96. The summed E-state index contributed by atoms with van der Waals surface area (Å²) in [5.74, 6) is -0.0890. The van der Waals surface area contributed by atoms with E-state index in [-0.39, 0.29) is 12.4 Å². The van der Waals surface area contributed by atoms with Gasteiger partial charge < -0.3 is 9.47 Å². The number of hydrogen-bond donors (Lipinski definition) is 0. The number of carbonyl (C=O) groups is 2. The summed E-state index contributed by atoms with van der Waals surface area (Å²) in [6.07, 6.45) is 0. The van der Waals surface area contributed by atoms with Crippen LogP contribution in [-0.4, -0.2) is 18.4 Å². The molecule has 4 nitrogen and oxygen atoms in total. The molecule has 0 atom stereocenters.